The van der Waals surface area contributed by atoms with Crippen LogP contribution in [0.25, 0.3) is 0 Å². The average Bonchev–Trinajstić information content (AvgIpc) is 2.61. The molecule has 90 valence electrons. The standard InChI is InChI=1S/C15H13NOS/c17-14-7-3-1-5-11(14)12-9-10-18-15-8-4-2-6-13(15)16-12/h1-8,17H,9-10H2. The summed E-state index contributed by atoms with van der Waals surface area (Å²) < 4.78 is 0. The molecule has 1 aliphatic rings. The number of thioether (sulfide) groups is 1. The van der Waals surface area contributed by atoms with Gasteiger partial charge < -0.3 is 5.11 Å². The van der Waals surface area contributed by atoms with Crippen LogP contribution in [0.5, 0.6) is 5.75 Å². The summed E-state index contributed by atoms with van der Waals surface area (Å²) in [6.07, 6.45) is 0.872. The van der Waals surface area contributed by atoms with E-state index in [2.05, 4.69) is 6.07 Å². The first kappa shape index (κ1) is 11.4. The Bertz CT molecular complexity index is 607. The highest BCUT2D eigenvalue weighted by Gasteiger charge is 2.13. The van der Waals surface area contributed by atoms with Crippen LogP contribution in [0, 0.1) is 0 Å². The van der Waals surface area contributed by atoms with Crippen molar-refractivity contribution in [2.45, 2.75) is 11.3 Å². The fourth-order valence-corrected chi connectivity index (χ4v) is 2.99. The maximum atomic E-state index is 9.91. The van der Waals surface area contributed by atoms with Gasteiger partial charge >= 0.3 is 0 Å². The van der Waals surface area contributed by atoms with E-state index in [4.69, 9.17) is 4.99 Å². The zero-order chi connectivity index (χ0) is 12.4. The molecule has 18 heavy (non-hydrogen) atoms. The van der Waals surface area contributed by atoms with Gasteiger partial charge in [-0.3, -0.25) is 4.99 Å². The van der Waals surface area contributed by atoms with Crippen molar-refractivity contribution >= 4 is 23.2 Å². The number of phenols is 1. The SMILES string of the molecule is Oc1ccccc1C1=Nc2ccccc2SCC1. The Labute approximate surface area is 110 Å². The van der Waals surface area contributed by atoms with Crippen LogP contribution < -0.4 is 0 Å². The highest BCUT2D eigenvalue weighted by atomic mass is 32.2. The molecule has 0 radical (unpaired) electrons. The number of aromatic hydroxyl groups is 1. The number of hydrogen-bond donors (Lipinski definition) is 1. The minimum atomic E-state index is 0.306. The van der Waals surface area contributed by atoms with Crippen molar-refractivity contribution in [3.8, 4) is 5.75 Å². The summed E-state index contributed by atoms with van der Waals surface area (Å²) in [6.45, 7) is 0. The lowest BCUT2D eigenvalue weighted by molar-refractivity contribution is 0.474. The molecule has 0 amide bonds. The highest BCUT2D eigenvalue weighted by molar-refractivity contribution is 7.99. The van der Waals surface area contributed by atoms with Gasteiger partial charge in [0.15, 0.2) is 0 Å². The van der Waals surface area contributed by atoms with Gasteiger partial charge in [0, 0.05) is 16.2 Å². The number of aliphatic imine (C=N–C) groups is 1. The molecule has 1 aliphatic heterocycles. The molecule has 0 saturated heterocycles. The molecule has 0 unspecified atom stereocenters. The zero-order valence-electron chi connectivity index (χ0n) is 9.84. The van der Waals surface area contributed by atoms with Crippen molar-refractivity contribution in [2.24, 2.45) is 4.99 Å². The fourth-order valence-electron chi connectivity index (χ4n) is 2.04. The molecule has 3 heteroatoms. The van der Waals surface area contributed by atoms with E-state index in [1.54, 1.807) is 6.07 Å². The van der Waals surface area contributed by atoms with Crippen molar-refractivity contribution in [1.29, 1.82) is 0 Å². The van der Waals surface area contributed by atoms with Crippen LogP contribution in [0.3, 0.4) is 0 Å². The molecular formula is C15H13NOS. The Hall–Kier alpha value is -1.74. The van der Waals surface area contributed by atoms with E-state index in [-0.39, 0.29) is 0 Å². The maximum absolute atomic E-state index is 9.91. The number of benzene rings is 2. The molecule has 2 aromatic rings. The van der Waals surface area contributed by atoms with Crippen LogP contribution in [-0.4, -0.2) is 16.6 Å². The number of para-hydroxylation sites is 2. The van der Waals surface area contributed by atoms with Gasteiger partial charge in [-0.2, -0.15) is 0 Å². The minimum absolute atomic E-state index is 0.306. The Balaban J connectivity index is 2.09. The Kier molecular flexibility index (Phi) is 3.07. The van der Waals surface area contributed by atoms with E-state index < -0.39 is 0 Å². The summed E-state index contributed by atoms with van der Waals surface area (Å²) in [5.74, 6) is 1.30. The van der Waals surface area contributed by atoms with E-state index in [9.17, 15) is 5.11 Å². The summed E-state index contributed by atoms with van der Waals surface area (Å²) in [6, 6.07) is 15.5. The molecule has 1 heterocycles. The van der Waals surface area contributed by atoms with Gasteiger partial charge in [0.2, 0.25) is 0 Å². The number of phenolic OH excluding ortho intramolecular Hbond substituents is 1. The third-order valence-corrected chi connectivity index (χ3v) is 4.00. The number of hydrogen-bond acceptors (Lipinski definition) is 3. The van der Waals surface area contributed by atoms with Gasteiger partial charge in [0.05, 0.1) is 11.4 Å². The first-order valence-corrected chi connectivity index (χ1v) is 6.91. The Morgan fingerprint density at radius 2 is 1.78 bits per heavy atom. The Morgan fingerprint density at radius 3 is 2.67 bits per heavy atom. The monoisotopic (exact) mass is 255 g/mol. The smallest absolute Gasteiger partial charge is 0.124 e. The number of rotatable bonds is 1. The van der Waals surface area contributed by atoms with Crippen LogP contribution in [-0.2, 0) is 0 Å². The van der Waals surface area contributed by atoms with Crippen molar-refractivity contribution in [2.75, 3.05) is 5.75 Å². The fraction of sp³-hybridized carbons (Fsp3) is 0.133. The third-order valence-electron chi connectivity index (χ3n) is 2.93. The van der Waals surface area contributed by atoms with Gasteiger partial charge in [-0.15, -0.1) is 11.8 Å². The van der Waals surface area contributed by atoms with Gasteiger partial charge in [0.1, 0.15) is 5.75 Å². The quantitative estimate of drug-likeness (QED) is 0.835. The number of fused-ring (bicyclic) bond motifs is 1. The molecule has 0 aliphatic carbocycles. The molecule has 0 bridgehead atoms. The second-order valence-electron chi connectivity index (χ2n) is 4.14. The molecule has 0 saturated carbocycles. The molecule has 2 aromatic carbocycles. The van der Waals surface area contributed by atoms with Crippen molar-refractivity contribution in [3.05, 3.63) is 54.1 Å². The molecule has 0 spiro atoms. The summed E-state index contributed by atoms with van der Waals surface area (Å²) in [4.78, 5) is 5.92. The van der Waals surface area contributed by atoms with Crippen molar-refractivity contribution in [1.82, 2.24) is 0 Å². The Morgan fingerprint density at radius 1 is 1.00 bits per heavy atom. The first-order valence-electron chi connectivity index (χ1n) is 5.92. The molecule has 2 nitrogen and oxygen atoms in total. The van der Waals surface area contributed by atoms with Crippen molar-refractivity contribution in [3.63, 3.8) is 0 Å². The topological polar surface area (TPSA) is 32.6 Å². The van der Waals surface area contributed by atoms with E-state index in [1.165, 1.54) is 4.90 Å². The van der Waals surface area contributed by atoms with E-state index in [1.807, 2.05) is 48.2 Å². The lowest BCUT2D eigenvalue weighted by atomic mass is 10.1. The van der Waals surface area contributed by atoms with Crippen LogP contribution in [0.15, 0.2) is 58.4 Å². The predicted molar refractivity (Wildman–Crippen MR) is 76.1 cm³/mol. The van der Waals surface area contributed by atoms with Crippen LogP contribution >= 0.6 is 11.8 Å². The second kappa shape index (κ2) is 4.86. The molecule has 0 fully saturated rings. The minimum Gasteiger partial charge on any atom is -0.507 e. The van der Waals surface area contributed by atoms with E-state index in [0.29, 0.717) is 5.75 Å². The van der Waals surface area contributed by atoms with Gasteiger partial charge in [-0.25, -0.2) is 0 Å². The highest BCUT2D eigenvalue weighted by Crippen LogP contribution is 2.34. The van der Waals surface area contributed by atoms with Gasteiger partial charge in [0.25, 0.3) is 0 Å². The lowest BCUT2D eigenvalue weighted by Crippen LogP contribution is -2.01. The summed E-state index contributed by atoms with van der Waals surface area (Å²) >= 11 is 1.82. The van der Waals surface area contributed by atoms with E-state index in [0.717, 1.165) is 29.1 Å². The molecule has 1 N–H and O–H groups in total. The molecule has 0 atom stereocenters. The summed E-state index contributed by atoms with van der Waals surface area (Å²) in [7, 11) is 0. The summed E-state index contributed by atoms with van der Waals surface area (Å²) in [5, 5.41) is 9.91. The third kappa shape index (κ3) is 2.14. The lowest BCUT2D eigenvalue weighted by Gasteiger charge is -2.06. The molecule has 3 rings (SSSR count). The summed E-state index contributed by atoms with van der Waals surface area (Å²) in [5.41, 5.74) is 2.80. The zero-order valence-corrected chi connectivity index (χ0v) is 10.7. The molecular weight excluding hydrogens is 242 g/mol. The number of nitrogens with zero attached hydrogens (tertiary/aromatic N) is 1. The van der Waals surface area contributed by atoms with Gasteiger partial charge in [-0.1, -0.05) is 24.3 Å². The largest absolute Gasteiger partial charge is 0.507 e. The van der Waals surface area contributed by atoms with Crippen LogP contribution in [0.1, 0.15) is 12.0 Å². The van der Waals surface area contributed by atoms with Crippen molar-refractivity contribution < 1.29 is 5.11 Å². The average molecular weight is 255 g/mol. The van der Waals surface area contributed by atoms with E-state index >= 15 is 0 Å². The maximum Gasteiger partial charge on any atom is 0.124 e. The van der Waals surface area contributed by atoms with Crippen LogP contribution in [0.2, 0.25) is 0 Å². The van der Waals surface area contributed by atoms with Gasteiger partial charge in [-0.05, 0) is 30.7 Å². The normalized spacial score (nSPS) is 14.6. The second-order valence-corrected chi connectivity index (χ2v) is 5.28. The first-order chi connectivity index (χ1) is 8.84. The molecule has 0 aromatic heterocycles. The van der Waals surface area contributed by atoms with Crippen LogP contribution in [0.4, 0.5) is 5.69 Å². The predicted octanol–water partition coefficient (Wildman–Crippen LogP) is 4.01.